The van der Waals surface area contributed by atoms with Crippen molar-refractivity contribution in [3.63, 3.8) is 0 Å². The van der Waals surface area contributed by atoms with E-state index in [4.69, 9.17) is 4.42 Å². The van der Waals surface area contributed by atoms with Crippen molar-refractivity contribution < 1.29 is 9.21 Å². The summed E-state index contributed by atoms with van der Waals surface area (Å²) in [6.07, 6.45) is 0.817. The number of hydrogen-bond acceptors (Lipinski definition) is 3. The van der Waals surface area contributed by atoms with Crippen molar-refractivity contribution in [2.75, 3.05) is 6.54 Å². The predicted molar refractivity (Wildman–Crippen MR) is 110 cm³/mol. The Morgan fingerprint density at radius 2 is 1.78 bits per heavy atom. The normalized spacial score (nSPS) is 11.0. The fourth-order valence-corrected chi connectivity index (χ4v) is 4.07. The third kappa shape index (κ3) is 4.12. The molecule has 4 rings (SSSR count). The quantitative estimate of drug-likeness (QED) is 0.434. The maximum absolute atomic E-state index is 13.2. The molecule has 0 fully saturated rings. The molecule has 0 aliphatic carbocycles. The Balaban J connectivity index is 1.58. The zero-order valence-corrected chi connectivity index (χ0v) is 16.0. The molecular formula is C23H21NO2S. The van der Waals surface area contributed by atoms with Gasteiger partial charge >= 0.3 is 0 Å². The van der Waals surface area contributed by atoms with Gasteiger partial charge < -0.3 is 9.32 Å². The van der Waals surface area contributed by atoms with E-state index in [9.17, 15) is 4.79 Å². The Hall–Kier alpha value is -2.85. The molecule has 3 nitrogen and oxygen atoms in total. The van der Waals surface area contributed by atoms with Gasteiger partial charge in [-0.2, -0.15) is 0 Å². The molecule has 0 spiro atoms. The largest absolute Gasteiger partial charge is 0.451 e. The molecule has 0 bridgehead atoms. The molecule has 0 N–H and O–H groups in total. The minimum Gasteiger partial charge on any atom is -0.451 e. The number of thiophene rings is 1. The number of hydrogen-bond donors (Lipinski definition) is 0. The van der Waals surface area contributed by atoms with Crippen LogP contribution in [-0.2, 0) is 13.0 Å². The molecule has 0 saturated carbocycles. The van der Waals surface area contributed by atoms with E-state index in [0.717, 1.165) is 17.4 Å². The molecule has 0 unspecified atom stereocenters. The van der Waals surface area contributed by atoms with Crippen molar-refractivity contribution in [2.24, 2.45) is 0 Å². The van der Waals surface area contributed by atoms with E-state index in [0.29, 0.717) is 18.8 Å². The molecular weight excluding hydrogens is 354 g/mol. The molecule has 0 saturated heterocycles. The topological polar surface area (TPSA) is 33.5 Å². The van der Waals surface area contributed by atoms with Crippen LogP contribution in [0.25, 0.3) is 11.0 Å². The van der Waals surface area contributed by atoms with E-state index >= 15 is 0 Å². The highest BCUT2D eigenvalue weighted by atomic mass is 32.1. The first-order valence-electron chi connectivity index (χ1n) is 9.06. The average molecular weight is 375 g/mol. The second-order valence-corrected chi connectivity index (χ2v) is 8.00. The zero-order valence-electron chi connectivity index (χ0n) is 15.2. The highest BCUT2D eigenvalue weighted by Crippen LogP contribution is 2.23. The lowest BCUT2D eigenvalue weighted by Crippen LogP contribution is -2.32. The number of furan rings is 1. The lowest BCUT2D eigenvalue weighted by atomic mass is 10.1. The number of carbonyl (C=O) groups excluding carboxylic acids is 1. The zero-order chi connectivity index (χ0) is 18.6. The first-order valence-corrected chi connectivity index (χ1v) is 9.88. The van der Waals surface area contributed by atoms with Crippen LogP contribution in [0.5, 0.6) is 0 Å². The summed E-state index contributed by atoms with van der Waals surface area (Å²) in [5.41, 5.74) is 1.97. The Bertz CT molecular complexity index is 1020. The van der Waals surface area contributed by atoms with Gasteiger partial charge in [0.25, 0.3) is 5.91 Å². The molecule has 0 radical (unpaired) electrons. The number of para-hydroxylation sites is 1. The summed E-state index contributed by atoms with van der Waals surface area (Å²) in [5, 5.41) is 0.954. The van der Waals surface area contributed by atoms with Gasteiger partial charge in [0.1, 0.15) is 5.58 Å². The van der Waals surface area contributed by atoms with Gasteiger partial charge in [-0.25, -0.2) is 0 Å². The Morgan fingerprint density at radius 3 is 2.52 bits per heavy atom. The second kappa shape index (κ2) is 7.80. The SMILES string of the molecule is Cc1ccc(CN(CCc2ccccc2)C(=O)c2cc3ccccc3o2)s1. The number of rotatable bonds is 6. The minimum atomic E-state index is -0.0619. The molecule has 2 heterocycles. The molecule has 0 aliphatic heterocycles. The molecule has 0 atom stereocenters. The fraction of sp³-hybridized carbons (Fsp3) is 0.174. The molecule has 27 heavy (non-hydrogen) atoms. The summed E-state index contributed by atoms with van der Waals surface area (Å²) >= 11 is 1.73. The lowest BCUT2D eigenvalue weighted by Gasteiger charge is -2.21. The molecule has 2 aromatic heterocycles. The summed E-state index contributed by atoms with van der Waals surface area (Å²) in [7, 11) is 0. The van der Waals surface area contributed by atoms with Gasteiger partial charge in [-0.15, -0.1) is 11.3 Å². The summed E-state index contributed by atoms with van der Waals surface area (Å²) in [6, 6.07) is 24.0. The summed E-state index contributed by atoms with van der Waals surface area (Å²) < 4.78 is 5.82. The van der Waals surface area contributed by atoms with E-state index in [1.807, 2.05) is 53.4 Å². The number of benzene rings is 2. The van der Waals surface area contributed by atoms with Crippen LogP contribution in [0.1, 0.15) is 25.9 Å². The van der Waals surface area contributed by atoms with Gasteiger partial charge in [-0.1, -0.05) is 48.5 Å². The Morgan fingerprint density at radius 1 is 1.00 bits per heavy atom. The molecule has 1 amide bonds. The number of aryl methyl sites for hydroxylation is 1. The third-order valence-corrected chi connectivity index (χ3v) is 5.56. The standard InChI is InChI=1S/C23H21NO2S/c1-17-11-12-20(27-17)16-24(14-13-18-7-3-2-4-8-18)23(25)22-15-19-9-5-6-10-21(19)26-22/h2-12,15H,13-14,16H2,1H3. The highest BCUT2D eigenvalue weighted by molar-refractivity contribution is 7.11. The monoisotopic (exact) mass is 375 g/mol. The minimum absolute atomic E-state index is 0.0619. The van der Waals surface area contributed by atoms with Crippen molar-refractivity contribution >= 4 is 28.2 Å². The van der Waals surface area contributed by atoms with Crippen molar-refractivity contribution in [1.82, 2.24) is 4.90 Å². The number of nitrogens with zero attached hydrogens (tertiary/aromatic N) is 1. The van der Waals surface area contributed by atoms with Gasteiger partial charge in [0.2, 0.25) is 0 Å². The molecule has 136 valence electrons. The molecule has 4 heteroatoms. The smallest absolute Gasteiger partial charge is 0.289 e. The van der Waals surface area contributed by atoms with E-state index in [1.165, 1.54) is 15.3 Å². The Labute approximate surface area is 162 Å². The maximum atomic E-state index is 13.2. The van der Waals surface area contributed by atoms with Crippen LogP contribution in [0.15, 0.2) is 77.2 Å². The van der Waals surface area contributed by atoms with Gasteiger partial charge in [0, 0.05) is 21.7 Å². The van der Waals surface area contributed by atoms with Crippen molar-refractivity contribution in [1.29, 1.82) is 0 Å². The van der Waals surface area contributed by atoms with Crippen molar-refractivity contribution in [2.45, 2.75) is 19.9 Å². The predicted octanol–water partition coefficient (Wildman–Crippen LogP) is 5.69. The van der Waals surface area contributed by atoms with Crippen LogP contribution in [0.4, 0.5) is 0 Å². The van der Waals surface area contributed by atoms with E-state index in [2.05, 4.69) is 31.2 Å². The maximum Gasteiger partial charge on any atom is 0.289 e. The van der Waals surface area contributed by atoms with Gasteiger partial charge in [-0.3, -0.25) is 4.79 Å². The van der Waals surface area contributed by atoms with E-state index in [1.54, 1.807) is 11.3 Å². The van der Waals surface area contributed by atoms with Crippen LogP contribution in [0.3, 0.4) is 0 Å². The third-order valence-electron chi connectivity index (χ3n) is 4.58. The fourth-order valence-electron chi connectivity index (χ4n) is 3.16. The van der Waals surface area contributed by atoms with Crippen LogP contribution < -0.4 is 0 Å². The summed E-state index contributed by atoms with van der Waals surface area (Å²) in [6.45, 7) is 3.33. The van der Waals surface area contributed by atoms with Crippen LogP contribution in [0.2, 0.25) is 0 Å². The molecule has 4 aromatic rings. The lowest BCUT2D eigenvalue weighted by molar-refractivity contribution is 0.0717. The van der Waals surface area contributed by atoms with E-state index < -0.39 is 0 Å². The first kappa shape index (κ1) is 17.6. The van der Waals surface area contributed by atoms with Crippen LogP contribution in [-0.4, -0.2) is 17.4 Å². The van der Waals surface area contributed by atoms with Crippen LogP contribution >= 0.6 is 11.3 Å². The van der Waals surface area contributed by atoms with Gasteiger partial charge in [0.15, 0.2) is 5.76 Å². The van der Waals surface area contributed by atoms with Crippen LogP contribution in [0, 0.1) is 6.92 Å². The van der Waals surface area contributed by atoms with Crippen molar-refractivity contribution in [3.8, 4) is 0 Å². The average Bonchev–Trinajstić information content (AvgIpc) is 3.31. The number of amides is 1. The van der Waals surface area contributed by atoms with Gasteiger partial charge in [-0.05, 0) is 43.2 Å². The summed E-state index contributed by atoms with van der Waals surface area (Å²) in [5.74, 6) is 0.339. The molecule has 2 aromatic carbocycles. The number of fused-ring (bicyclic) bond motifs is 1. The first-order chi connectivity index (χ1) is 13.2. The molecule has 0 aliphatic rings. The van der Waals surface area contributed by atoms with E-state index in [-0.39, 0.29) is 5.91 Å². The Kier molecular flexibility index (Phi) is 5.07. The number of carbonyl (C=O) groups is 1. The second-order valence-electron chi connectivity index (χ2n) is 6.62. The highest BCUT2D eigenvalue weighted by Gasteiger charge is 2.20. The van der Waals surface area contributed by atoms with Crippen molar-refractivity contribution in [3.05, 3.63) is 93.9 Å². The summed E-state index contributed by atoms with van der Waals surface area (Å²) in [4.78, 5) is 17.5. The van der Waals surface area contributed by atoms with Gasteiger partial charge in [0.05, 0.1) is 6.54 Å².